The summed E-state index contributed by atoms with van der Waals surface area (Å²) in [5.41, 5.74) is 5.29. The normalized spacial score (nSPS) is 27.1. The minimum atomic E-state index is -1.38. The first-order valence-corrected chi connectivity index (χ1v) is 5.10. The largest absolute Gasteiger partial charge is 0.480 e. The SMILES string of the molecule is C[C@@H](N)C(=O)N[C@H](C(=O)O)C1CC(O)NC1=O. The highest BCUT2D eigenvalue weighted by Crippen LogP contribution is 2.18. The van der Waals surface area contributed by atoms with Crippen molar-refractivity contribution in [2.24, 2.45) is 11.7 Å². The van der Waals surface area contributed by atoms with Crippen molar-refractivity contribution in [3.8, 4) is 0 Å². The quantitative estimate of drug-likeness (QED) is 0.366. The zero-order chi connectivity index (χ0) is 13.2. The van der Waals surface area contributed by atoms with Gasteiger partial charge in [0.15, 0.2) is 0 Å². The fourth-order valence-electron chi connectivity index (χ4n) is 1.58. The van der Waals surface area contributed by atoms with Gasteiger partial charge in [-0.25, -0.2) is 4.79 Å². The summed E-state index contributed by atoms with van der Waals surface area (Å²) in [4.78, 5) is 33.7. The van der Waals surface area contributed by atoms with Crippen LogP contribution in [0.2, 0.25) is 0 Å². The molecular weight excluding hydrogens is 230 g/mol. The number of hydrogen-bond donors (Lipinski definition) is 5. The highest BCUT2D eigenvalue weighted by atomic mass is 16.4. The second-order valence-corrected chi connectivity index (χ2v) is 3.98. The van der Waals surface area contributed by atoms with Crippen molar-refractivity contribution < 1.29 is 24.6 Å². The Labute approximate surface area is 97.2 Å². The zero-order valence-corrected chi connectivity index (χ0v) is 9.21. The van der Waals surface area contributed by atoms with Crippen LogP contribution in [0.1, 0.15) is 13.3 Å². The van der Waals surface area contributed by atoms with E-state index in [2.05, 4.69) is 10.6 Å². The van der Waals surface area contributed by atoms with Crippen molar-refractivity contribution in [2.75, 3.05) is 0 Å². The predicted molar refractivity (Wildman–Crippen MR) is 55.5 cm³/mol. The number of rotatable bonds is 4. The maximum atomic E-state index is 11.4. The van der Waals surface area contributed by atoms with Crippen LogP contribution in [-0.4, -0.2) is 46.3 Å². The number of hydrogen-bond acceptors (Lipinski definition) is 5. The molecule has 0 aromatic heterocycles. The highest BCUT2D eigenvalue weighted by molar-refractivity contribution is 5.92. The van der Waals surface area contributed by atoms with E-state index in [1.165, 1.54) is 6.92 Å². The summed E-state index contributed by atoms with van der Waals surface area (Å²) in [5.74, 6) is -3.60. The first-order valence-electron chi connectivity index (χ1n) is 5.10. The van der Waals surface area contributed by atoms with E-state index in [1.54, 1.807) is 0 Å². The van der Waals surface area contributed by atoms with Gasteiger partial charge >= 0.3 is 5.97 Å². The summed E-state index contributed by atoms with van der Waals surface area (Å²) in [6, 6.07) is -2.25. The number of aliphatic hydroxyl groups is 1. The molecule has 8 heteroatoms. The number of carboxylic acid groups (broad SMARTS) is 1. The highest BCUT2D eigenvalue weighted by Gasteiger charge is 2.41. The Hall–Kier alpha value is -1.67. The minimum Gasteiger partial charge on any atom is -0.480 e. The smallest absolute Gasteiger partial charge is 0.327 e. The third-order valence-corrected chi connectivity index (χ3v) is 2.50. The average molecular weight is 245 g/mol. The molecule has 1 heterocycles. The average Bonchev–Trinajstić information content (AvgIpc) is 2.53. The lowest BCUT2D eigenvalue weighted by atomic mass is 9.97. The van der Waals surface area contributed by atoms with E-state index < -0.39 is 42.0 Å². The van der Waals surface area contributed by atoms with Crippen LogP contribution in [0.5, 0.6) is 0 Å². The van der Waals surface area contributed by atoms with Gasteiger partial charge in [-0.15, -0.1) is 0 Å². The van der Waals surface area contributed by atoms with Gasteiger partial charge in [0, 0.05) is 6.42 Å². The third kappa shape index (κ3) is 3.14. The number of carbonyl (C=O) groups is 3. The van der Waals surface area contributed by atoms with Gasteiger partial charge in [0.2, 0.25) is 11.8 Å². The van der Waals surface area contributed by atoms with E-state index in [0.29, 0.717) is 0 Å². The van der Waals surface area contributed by atoms with Gasteiger partial charge in [0.1, 0.15) is 12.3 Å². The van der Waals surface area contributed by atoms with Crippen molar-refractivity contribution >= 4 is 17.8 Å². The molecule has 0 bridgehead atoms. The van der Waals surface area contributed by atoms with Gasteiger partial charge in [-0.2, -0.15) is 0 Å². The summed E-state index contributed by atoms with van der Waals surface area (Å²) < 4.78 is 0. The number of aliphatic hydroxyl groups excluding tert-OH is 1. The number of amides is 2. The van der Waals surface area contributed by atoms with Crippen LogP contribution in [0.3, 0.4) is 0 Å². The van der Waals surface area contributed by atoms with Crippen molar-refractivity contribution in [2.45, 2.75) is 31.7 Å². The van der Waals surface area contributed by atoms with E-state index in [4.69, 9.17) is 10.8 Å². The molecule has 8 nitrogen and oxygen atoms in total. The molecule has 1 saturated heterocycles. The van der Waals surface area contributed by atoms with Crippen molar-refractivity contribution in [3.63, 3.8) is 0 Å². The Balaban J connectivity index is 2.76. The fraction of sp³-hybridized carbons (Fsp3) is 0.667. The predicted octanol–water partition coefficient (Wildman–Crippen LogP) is -2.64. The number of nitrogens with one attached hydrogen (secondary N) is 2. The standard InChI is InChI=1S/C9H15N3O5/c1-3(10)7(14)12-6(9(16)17)4-2-5(13)11-8(4)15/h3-6,13H,2,10H2,1H3,(H,11,15)(H,12,14)(H,16,17)/t3-,4?,5?,6+/m1/s1. The summed E-state index contributed by atoms with van der Waals surface area (Å²) in [5, 5.41) is 22.5. The monoisotopic (exact) mass is 245 g/mol. The molecule has 6 N–H and O–H groups in total. The Kier molecular flexibility index (Phi) is 4.02. The molecule has 1 aliphatic heterocycles. The molecule has 0 aliphatic carbocycles. The van der Waals surface area contributed by atoms with E-state index in [-0.39, 0.29) is 6.42 Å². The molecule has 96 valence electrons. The molecule has 1 rings (SSSR count). The van der Waals surface area contributed by atoms with Crippen LogP contribution < -0.4 is 16.4 Å². The van der Waals surface area contributed by atoms with E-state index in [0.717, 1.165) is 0 Å². The Morgan fingerprint density at radius 1 is 1.59 bits per heavy atom. The van der Waals surface area contributed by atoms with Gasteiger partial charge in [-0.3, -0.25) is 9.59 Å². The molecule has 0 aromatic rings. The second kappa shape index (κ2) is 5.11. The van der Waals surface area contributed by atoms with Crippen LogP contribution in [0.4, 0.5) is 0 Å². The molecule has 4 atom stereocenters. The van der Waals surface area contributed by atoms with Gasteiger partial charge in [0.05, 0.1) is 12.0 Å². The lowest BCUT2D eigenvalue weighted by Gasteiger charge is -2.19. The van der Waals surface area contributed by atoms with Gasteiger partial charge in [-0.05, 0) is 6.92 Å². The first-order chi connectivity index (χ1) is 7.82. The Morgan fingerprint density at radius 2 is 2.18 bits per heavy atom. The molecule has 1 fully saturated rings. The van der Waals surface area contributed by atoms with Crippen LogP contribution >= 0.6 is 0 Å². The molecule has 0 radical (unpaired) electrons. The maximum Gasteiger partial charge on any atom is 0.327 e. The van der Waals surface area contributed by atoms with Gasteiger partial charge in [-0.1, -0.05) is 0 Å². The number of nitrogens with two attached hydrogens (primary N) is 1. The summed E-state index contributed by atoms with van der Waals surface area (Å²) in [7, 11) is 0. The van der Waals surface area contributed by atoms with Crippen LogP contribution in [0, 0.1) is 5.92 Å². The molecule has 0 aromatic carbocycles. The van der Waals surface area contributed by atoms with Crippen LogP contribution in [0.25, 0.3) is 0 Å². The molecule has 2 unspecified atom stereocenters. The molecular formula is C9H15N3O5. The zero-order valence-electron chi connectivity index (χ0n) is 9.21. The maximum absolute atomic E-state index is 11.4. The van der Waals surface area contributed by atoms with Crippen molar-refractivity contribution in [1.82, 2.24) is 10.6 Å². The second-order valence-electron chi connectivity index (χ2n) is 3.98. The molecule has 17 heavy (non-hydrogen) atoms. The summed E-state index contributed by atoms with van der Waals surface area (Å²) in [6.07, 6.45) is -1.14. The van der Waals surface area contributed by atoms with E-state index in [9.17, 15) is 19.5 Å². The fourth-order valence-corrected chi connectivity index (χ4v) is 1.58. The minimum absolute atomic E-state index is 0.0605. The Morgan fingerprint density at radius 3 is 2.53 bits per heavy atom. The summed E-state index contributed by atoms with van der Waals surface area (Å²) in [6.45, 7) is 1.40. The first kappa shape index (κ1) is 13.4. The molecule has 2 amide bonds. The Bertz CT molecular complexity index is 344. The van der Waals surface area contributed by atoms with Crippen molar-refractivity contribution in [1.29, 1.82) is 0 Å². The lowest BCUT2D eigenvalue weighted by Crippen LogP contribution is -2.52. The lowest BCUT2D eigenvalue weighted by molar-refractivity contribution is -0.145. The molecule has 1 aliphatic rings. The number of carboxylic acids is 1. The summed E-state index contributed by atoms with van der Waals surface area (Å²) >= 11 is 0. The van der Waals surface area contributed by atoms with Gasteiger partial charge < -0.3 is 26.6 Å². The molecule has 0 saturated carbocycles. The van der Waals surface area contributed by atoms with Crippen LogP contribution in [0.15, 0.2) is 0 Å². The van der Waals surface area contributed by atoms with Gasteiger partial charge in [0.25, 0.3) is 0 Å². The third-order valence-electron chi connectivity index (χ3n) is 2.50. The topological polar surface area (TPSA) is 142 Å². The van der Waals surface area contributed by atoms with Crippen molar-refractivity contribution in [3.05, 3.63) is 0 Å². The molecule has 0 spiro atoms. The number of carbonyl (C=O) groups excluding carboxylic acids is 2. The number of aliphatic carboxylic acids is 1. The van der Waals surface area contributed by atoms with E-state index >= 15 is 0 Å². The van der Waals surface area contributed by atoms with E-state index in [1.807, 2.05) is 0 Å². The van der Waals surface area contributed by atoms with Crippen LogP contribution in [-0.2, 0) is 14.4 Å².